The van der Waals surface area contributed by atoms with Crippen molar-refractivity contribution in [1.82, 2.24) is 15.5 Å². The number of rotatable bonds is 4. The monoisotopic (exact) mass is 433 g/mol. The maximum atomic E-state index is 6.26. The first-order chi connectivity index (χ1) is 15.1. The smallest absolute Gasteiger partial charge is 0.120 e. The number of aromatic nitrogens is 2. The highest BCUT2D eigenvalue weighted by atomic mass is 32.2. The van der Waals surface area contributed by atoms with Gasteiger partial charge in [0.05, 0.1) is 10.5 Å². The van der Waals surface area contributed by atoms with Crippen LogP contribution in [0.25, 0.3) is 21.7 Å². The van der Waals surface area contributed by atoms with E-state index in [2.05, 4.69) is 75.8 Å². The number of aromatic amines is 1. The van der Waals surface area contributed by atoms with Gasteiger partial charge in [0.25, 0.3) is 0 Å². The third kappa shape index (κ3) is 4.21. The first-order valence-corrected chi connectivity index (χ1v) is 12.9. The summed E-state index contributed by atoms with van der Waals surface area (Å²) >= 11 is 0. The number of hydrogen-bond donors (Lipinski definition) is 2. The largest absolute Gasteiger partial charge is 0.490 e. The van der Waals surface area contributed by atoms with Gasteiger partial charge in [0.2, 0.25) is 0 Å². The van der Waals surface area contributed by atoms with E-state index in [1.165, 1.54) is 10.8 Å². The van der Waals surface area contributed by atoms with Crippen LogP contribution in [0.5, 0.6) is 5.75 Å². The highest BCUT2D eigenvalue weighted by Gasteiger charge is 2.18. The van der Waals surface area contributed by atoms with Crippen LogP contribution in [0.1, 0.15) is 26.7 Å². The van der Waals surface area contributed by atoms with Crippen LogP contribution in [-0.4, -0.2) is 41.1 Å². The molecule has 1 aliphatic rings. The number of H-pyrrole nitrogens is 1. The second kappa shape index (κ2) is 9.16. The lowest BCUT2D eigenvalue weighted by Gasteiger charge is -2.24. The molecular weight excluding hydrogens is 402 g/mol. The Balaban J connectivity index is 0.00000112. The van der Waals surface area contributed by atoms with Gasteiger partial charge < -0.3 is 10.1 Å². The molecule has 31 heavy (non-hydrogen) atoms. The maximum absolute atomic E-state index is 6.26. The summed E-state index contributed by atoms with van der Waals surface area (Å²) in [7, 11) is -1.78. The Labute approximate surface area is 185 Å². The first-order valence-electron chi connectivity index (χ1n) is 11.0. The third-order valence-electron chi connectivity index (χ3n) is 5.64. The molecule has 1 fully saturated rings. The highest BCUT2D eigenvalue weighted by molar-refractivity contribution is 8.28. The molecule has 5 heteroatoms. The van der Waals surface area contributed by atoms with E-state index in [1.807, 2.05) is 26.0 Å². The molecule has 5 rings (SSSR count). The summed E-state index contributed by atoms with van der Waals surface area (Å²) in [6, 6.07) is 20.9. The Hall–Kier alpha value is -2.76. The van der Waals surface area contributed by atoms with Gasteiger partial charge in [0.15, 0.2) is 0 Å². The highest BCUT2D eigenvalue weighted by Crippen LogP contribution is 2.46. The van der Waals surface area contributed by atoms with Crippen LogP contribution in [0.2, 0.25) is 0 Å². The van der Waals surface area contributed by atoms with E-state index in [0.717, 1.165) is 52.5 Å². The molecule has 3 aromatic carbocycles. The van der Waals surface area contributed by atoms with E-state index in [9.17, 15) is 0 Å². The summed E-state index contributed by atoms with van der Waals surface area (Å²) in [6.45, 7) is 6.02. The van der Waals surface area contributed by atoms with Crippen molar-refractivity contribution in [3.8, 4) is 5.75 Å². The van der Waals surface area contributed by atoms with Gasteiger partial charge in [-0.25, -0.2) is 0 Å². The number of hydrogen-bond acceptors (Lipinski definition) is 3. The number of nitrogens with zero attached hydrogens (tertiary/aromatic N) is 1. The van der Waals surface area contributed by atoms with Crippen LogP contribution in [0, 0.1) is 0 Å². The van der Waals surface area contributed by atoms with Gasteiger partial charge in [0.1, 0.15) is 11.9 Å². The van der Waals surface area contributed by atoms with Gasteiger partial charge in [-0.1, -0.05) is 62.0 Å². The van der Waals surface area contributed by atoms with E-state index in [4.69, 9.17) is 4.74 Å². The molecule has 4 aromatic rings. The molecule has 0 aliphatic carbocycles. The molecule has 2 heterocycles. The molecule has 1 saturated heterocycles. The molecule has 0 saturated carbocycles. The first kappa shape index (κ1) is 21.5. The lowest BCUT2D eigenvalue weighted by molar-refractivity contribution is 0.162. The van der Waals surface area contributed by atoms with E-state index in [0.29, 0.717) is 0 Å². The summed E-state index contributed by atoms with van der Waals surface area (Å²) in [4.78, 5) is 1.16. The zero-order valence-electron chi connectivity index (χ0n) is 18.4. The molecule has 0 atom stereocenters. The van der Waals surface area contributed by atoms with Gasteiger partial charge in [-0.3, -0.25) is 5.10 Å². The molecule has 4 nitrogen and oxygen atoms in total. The Morgan fingerprint density at radius 2 is 1.68 bits per heavy atom. The second-order valence-electron chi connectivity index (χ2n) is 7.66. The molecule has 0 amide bonds. The lowest BCUT2D eigenvalue weighted by Crippen LogP contribution is -2.34. The van der Waals surface area contributed by atoms with Crippen LogP contribution in [0.15, 0.2) is 70.6 Å². The Morgan fingerprint density at radius 3 is 2.48 bits per heavy atom. The lowest BCUT2D eigenvalue weighted by atomic mass is 10.1. The minimum Gasteiger partial charge on any atom is -0.490 e. The molecule has 162 valence electrons. The van der Waals surface area contributed by atoms with E-state index in [-0.39, 0.29) is 6.10 Å². The number of benzene rings is 3. The van der Waals surface area contributed by atoms with Crippen molar-refractivity contribution < 1.29 is 4.74 Å². The molecule has 2 N–H and O–H groups in total. The van der Waals surface area contributed by atoms with Crippen LogP contribution in [0.3, 0.4) is 0 Å². The number of ether oxygens (including phenoxy) is 1. The second-order valence-corrected chi connectivity index (χ2v) is 10.3. The van der Waals surface area contributed by atoms with Gasteiger partial charge in [-0.15, -0.1) is 9.21 Å². The molecule has 1 aliphatic heterocycles. The number of piperidine rings is 1. The predicted octanol–water partition coefficient (Wildman–Crippen LogP) is 5.96. The summed E-state index contributed by atoms with van der Waals surface area (Å²) in [5.74, 6) is 10.0. The minimum absolute atomic E-state index is 0.263. The molecule has 0 bridgehead atoms. The summed E-state index contributed by atoms with van der Waals surface area (Å²) < 4.78 is 6.26. The van der Waals surface area contributed by atoms with Crippen LogP contribution >= 0.6 is 9.21 Å². The topological polar surface area (TPSA) is 49.9 Å². The van der Waals surface area contributed by atoms with Gasteiger partial charge in [-0.2, -0.15) is 5.10 Å². The van der Waals surface area contributed by atoms with Crippen LogP contribution in [0.4, 0.5) is 0 Å². The van der Waals surface area contributed by atoms with Crippen molar-refractivity contribution >= 4 is 42.6 Å². The Morgan fingerprint density at radius 1 is 0.935 bits per heavy atom. The van der Waals surface area contributed by atoms with E-state index >= 15 is 0 Å². The minimum atomic E-state index is -1.78. The fraction of sp³-hybridized carbons (Fsp3) is 0.269. The van der Waals surface area contributed by atoms with Crippen molar-refractivity contribution in [1.29, 1.82) is 0 Å². The third-order valence-corrected chi connectivity index (χ3v) is 7.93. The quantitative estimate of drug-likeness (QED) is 0.390. The number of fused-ring (bicyclic) bond motifs is 2. The van der Waals surface area contributed by atoms with Crippen LogP contribution < -0.4 is 10.1 Å². The van der Waals surface area contributed by atoms with Crippen molar-refractivity contribution in [3.05, 3.63) is 60.7 Å². The SMILES string of the molecule is C=S(=C)(c1cccc2ccccc12)c1[nH]nc2ccc(OC3CCNCC3)cc12.CC. The zero-order valence-corrected chi connectivity index (χ0v) is 19.2. The molecular formula is C26H31N3OS. The van der Waals surface area contributed by atoms with Gasteiger partial charge >= 0.3 is 0 Å². The average molecular weight is 434 g/mol. The molecule has 0 unspecified atom stereocenters. The normalized spacial score (nSPS) is 14.9. The zero-order chi connectivity index (χ0) is 21.8. The Bertz CT molecular complexity index is 1280. The molecule has 1 aromatic heterocycles. The van der Waals surface area contributed by atoms with Crippen molar-refractivity contribution in [2.24, 2.45) is 0 Å². The summed E-state index contributed by atoms with van der Waals surface area (Å²) in [5.41, 5.74) is 0.919. The summed E-state index contributed by atoms with van der Waals surface area (Å²) in [5, 5.41) is 15.6. The fourth-order valence-electron chi connectivity index (χ4n) is 4.09. The summed E-state index contributed by atoms with van der Waals surface area (Å²) in [6.07, 6.45) is 2.33. The van der Waals surface area contributed by atoms with Crippen LogP contribution in [-0.2, 0) is 0 Å². The van der Waals surface area contributed by atoms with E-state index < -0.39 is 9.21 Å². The fourth-order valence-corrected chi connectivity index (χ4v) is 6.06. The predicted molar refractivity (Wildman–Crippen MR) is 136 cm³/mol. The molecule has 0 spiro atoms. The number of nitrogens with one attached hydrogen (secondary N) is 2. The van der Waals surface area contributed by atoms with Crippen molar-refractivity contribution in [2.45, 2.75) is 42.7 Å². The maximum Gasteiger partial charge on any atom is 0.120 e. The van der Waals surface area contributed by atoms with Crippen molar-refractivity contribution in [2.75, 3.05) is 13.1 Å². The Kier molecular flexibility index (Phi) is 6.35. The van der Waals surface area contributed by atoms with Gasteiger partial charge in [-0.05, 0) is 61.0 Å². The van der Waals surface area contributed by atoms with Crippen molar-refractivity contribution in [3.63, 3.8) is 0 Å². The molecule has 0 radical (unpaired) electrons. The standard InChI is InChI=1S/C24H25N3OS.C2H6/c1-29(2,23-9-5-7-17-6-3-4-8-20(17)23)24-21-16-19(10-11-22(21)26-27-24)28-18-12-14-25-15-13-18;1-2/h3-11,16,18,25H,1-2,12-15H2,(H,26,27);1-2H3. The van der Waals surface area contributed by atoms with E-state index in [1.54, 1.807) is 0 Å². The average Bonchev–Trinajstić information content (AvgIpc) is 3.25. The van der Waals surface area contributed by atoms with Gasteiger partial charge in [0, 0.05) is 10.3 Å².